The topological polar surface area (TPSA) is 88.5 Å². The Balaban J connectivity index is 1.83. The monoisotopic (exact) mass is 329 g/mol. The Hall–Kier alpha value is -2.30. The van der Waals surface area contributed by atoms with E-state index in [4.69, 9.17) is 16.0 Å². The average molecular weight is 330 g/mol. The molecule has 22 heavy (non-hydrogen) atoms. The number of aromatic nitrogens is 4. The molecule has 0 unspecified atom stereocenters. The maximum atomic E-state index is 9.29. The minimum Gasteiger partial charge on any atom is -0.443 e. The second-order valence-corrected chi connectivity index (χ2v) is 6.19. The molecule has 0 bridgehead atoms. The zero-order valence-electron chi connectivity index (χ0n) is 11.2. The van der Waals surface area contributed by atoms with Gasteiger partial charge in [0.2, 0.25) is 5.28 Å². The Kier molecular flexibility index (Phi) is 2.96. The van der Waals surface area contributed by atoms with Crippen molar-refractivity contribution in [1.29, 1.82) is 5.26 Å². The molecule has 0 N–H and O–H groups in total. The first-order valence-corrected chi connectivity index (χ1v) is 7.77. The van der Waals surface area contributed by atoms with Crippen LogP contribution >= 0.6 is 22.9 Å². The summed E-state index contributed by atoms with van der Waals surface area (Å²) in [6, 6.07) is 2.35. The van der Waals surface area contributed by atoms with Crippen molar-refractivity contribution < 1.29 is 4.42 Å². The van der Waals surface area contributed by atoms with E-state index in [-0.39, 0.29) is 5.28 Å². The van der Waals surface area contributed by atoms with Crippen LogP contribution in [0.3, 0.4) is 0 Å². The summed E-state index contributed by atoms with van der Waals surface area (Å²) in [6.45, 7) is 0. The minimum atomic E-state index is -0.411. The molecular weight excluding hydrogens is 322 g/mol. The first-order chi connectivity index (χ1) is 10.7. The van der Waals surface area contributed by atoms with Gasteiger partial charge in [0, 0.05) is 11.6 Å². The highest BCUT2D eigenvalue weighted by atomic mass is 35.5. The van der Waals surface area contributed by atoms with Gasteiger partial charge in [-0.15, -0.1) is 11.3 Å². The predicted octanol–water partition coefficient (Wildman–Crippen LogP) is 3.46. The SMILES string of the molecule is N#CC1(c2nc(-c3nc(Cl)ncc3-c3cnco3)cs2)CC1. The second kappa shape index (κ2) is 4.87. The molecule has 1 aliphatic carbocycles. The molecule has 3 heterocycles. The van der Waals surface area contributed by atoms with E-state index in [1.54, 1.807) is 12.4 Å². The van der Waals surface area contributed by atoms with Crippen molar-refractivity contribution in [1.82, 2.24) is 19.9 Å². The van der Waals surface area contributed by atoms with Gasteiger partial charge >= 0.3 is 0 Å². The number of nitrogens with zero attached hydrogens (tertiary/aromatic N) is 5. The molecule has 1 fully saturated rings. The minimum absolute atomic E-state index is 0.134. The van der Waals surface area contributed by atoms with Crippen LogP contribution < -0.4 is 0 Å². The zero-order valence-corrected chi connectivity index (χ0v) is 12.7. The maximum Gasteiger partial charge on any atom is 0.222 e. The van der Waals surface area contributed by atoms with Crippen LogP contribution in [0.5, 0.6) is 0 Å². The molecule has 8 heteroatoms. The fraction of sp³-hybridized carbons (Fsp3) is 0.214. The summed E-state index contributed by atoms with van der Waals surface area (Å²) in [7, 11) is 0. The van der Waals surface area contributed by atoms with Crippen molar-refractivity contribution in [3.8, 4) is 28.8 Å². The highest BCUT2D eigenvalue weighted by Gasteiger charge is 2.47. The normalized spacial score (nSPS) is 15.5. The Morgan fingerprint density at radius 2 is 2.18 bits per heavy atom. The zero-order chi connectivity index (χ0) is 15.2. The number of thiazole rings is 1. The molecule has 0 radical (unpaired) electrons. The van der Waals surface area contributed by atoms with Crippen molar-refractivity contribution in [2.75, 3.05) is 0 Å². The van der Waals surface area contributed by atoms with Crippen LogP contribution in [-0.2, 0) is 5.41 Å². The van der Waals surface area contributed by atoms with Gasteiger partial charge in [-0.1, -0.05) is 0 Å². The highest BCUT2D eigenvalue weighted by molar-refractivity contribution is 7.10. The van der Waals surface area contributed by atoms with E-state index in [1.165, 1.54) is 17.7 Å². The van der Waals surface area contributed by atoms with Crippen LogP contribution in [0.15, 0.2) is 28.6 Å². The third kappa shape index (κ3) is 2.08. The van der Waals surface area contributed by atoms with Gasteiger partial charge in [-0.05, 0) is 24.4 Å². The Bertz CT molecular complexity index is 879. The van der Waals surface area contributed by atoms with Crippen LogP contribution in [0.2, 0.25) is 5.28 Å². The molecule has 6 nitrogen and oxygen atoms in total. The smallest absolute Gasteiger partial charge is 0.222 e. The van der Waals surface area contributed by atoms with E-state index in [2.05, 4.69) is 26.0 Å². The molecule has 3 aromatic heterocycles. The average Bonchev–Trinajstić information content (AvgIpc) is 2.94. The van der Waals surface area contributed by atoms with E-state index < -0.39 is 5.41 Å². The number of rotatable bonds is 3. The lowest BCUT2D eigenvalue weighted by Gasteiger charge is -2.04. The van der Waals surface area contributed by atoms with Crippen molar-refractivity contribution in [3.63, 3.8) is 0 Å². The molecule has 108 valence electrons. The quantitative estimate of drug-likeness (QED) is 0.684. The number of oxazole rings is 1. The van der Waals surface area contributed by atoms with E-state index in [9.17, 15) is 5.26 Å². The van der Waals surface area contributed by atoms with E-state index >= 15 is 0 Å². The lowest BCUT2D eigenvalue weighted by molar-refractivity contribution is 0.571. The predicted molar refractivity (Wildman–Crippen MR) is 80.2 cm³/mol. The van der Waals surface area contributed by atoms with Gasteiger partial charge in [0.25, 0.3) is 0 Å². The molecular formula is C14H8ClN5OS. The summed E-state index contributed by atoms with van der Waals surface area (Å²) < 4.78 is 5.32. The largest absolute Gasteiger partial charge is 0.443 e. The molecule has 0 aliphatic heterocycles. The molecule has 0 atom stereocenters. The number of hydrogen-bond donors (Lipinski definition) is 0. The first kappa shape index (κ1) is 13.4. The molecule has 0 aromatic carbocycles. The van der Waals surface area contributed by atoms with Gasteiger partial charge in [-0.3, -0.25) is 0 Å². The van der Waals surface area contributed by atoms with E-state index in [0.29, 0.717) is 22.7 Å². The molecule has 4 rings (SSSR count). The third-order valence-electron chi connectivity index (χ3n) is 3.58. The molecule has 1 aliphatic rings. The standard InChI is InChI=1S/C14H8ClN5OS/c15-13-18-3-8(10-4-17-7-21-10)11(20-13)9-5-22-12(19-9)14(6-16)1-2-14/h3-5,7H,1-2H2. The van der Waals surface area contributed by atoms with Gasteiger partial charge < -0.3 is 4.42 Å². The highest BCUT2D eigenvalue weighted by Crippen LogP contribution is 2.49. The van der Waals surface area contributed by atoms with Gasteiger partial charge in [0.1, 0.15) is 21.8 Å². The fourth-order valence-electron chi connectivity index (χ4n) is 2.19. The summed E-state index contributed by atoms with van der Waals surface area (Å²) in [5.41, 5.74) is 1.50. The summed E-state index contributed by atoms with van der Waals surface area (Å²) in [6.07, 6.45) is 6.23. The molecule has 3 aromatic rings. The van der Waals surface area contributed by atoms with Gasteiger partial charge in [0.15, 0.2) is 12.2 Å². The number of nitriles is 1. The lowest BCUT2D eigenvalue weighted by Crippen LogP contribution is -2.01. The van der Waals surface area contributed by atoms with Crippen LogP contribution in [-0.4, -0.2) is 19.9 Å². The van der Waals surface area contributed by atoms with Crippen LogP contribution in [0.1, 0.15) is 17.8 Å². The summed E-state index contributed by atoms with van der Waals surface area (Å²) in [5.74, 6) is 0.544. The van der Waals surface area contributed by atoms with Crippen LogP contribution in [0, 0.1) is 11.3 Å². The van der Waals surface area contributed by atoms with Crippen LogP contribution in [0.25, 0.3) is 22.7 Å². The second-order valence-electron chi connectivity index (χ2n) is 5.00. The van der Waals surface area contributed by atoms with Crippen molar-refractivity contribution in [3.05, 3.63) is 34.5 Å². The summed E-state index contributed by atoms with van der Waals surface area (Å²) in [4.78, 5) is 16.8. The van der Waals surface area contributed by atoms with E-state index in [1.807, 2.05) is 5.38 Å². The molecule has 0 saturated heterocycles. The van der Waals surface area contributed by atoms with Crippen molar-refractivity contribution in [2.24, 2.45) is 0 Å². The summed E-state index contributed by atoms with van der Waals surface area (Å²) >= 11 is 7.39. The Morgan fingerprint density at radius 3 is 2.86 bits per heavy atom. The molecule has 0 spiro atoms. The fourth-order valence-corrected chi connectivity index (χ4v) is 3.33. The van der Waals surface area contributed by atoms with E-state index in [0.717, 1.165) is 17.8 Å². The van der Waals surface area contributed by atoms with Crippen molar-refractivity contribution in [2.45, 2.75) is 18.3 Å². The van der Waals surface area contributed by atoms with Gasteiger partial charge in [-0.2, -0.15) is 5.26 Å². The Labute approximate surface area is 134 Å². The Morgan fingerprint density at radius 1 is 1.32 bits per heavy atom. The van der Waals surface area contributed by atoms with Crippen molar-refractivity contribution >= 4 is 22.9 Å². The summed E-state index contributed by atoms with van der Waals surface area (Å²) in [5, 5.41) is 12.1. The molecule has 0 amide bonds. The maximum absolute atomic E-state index is 9.29. The first-order valence-electron chi connectivity index (χ1n) is 6.51. The number of halogens is 1. The number of hydrogen-bond acceptors (Lipinski definition) is 7. The van der Waals surface area contributed by atoms with Crippen LogP contribution in [0.4, 0.5) is 0 Å². The van der Waals surface area contributed by atoms with Gasteiger partial charge in [0.05, 0.1) is 17.8 Å². The third-order valence-corrected chi connectivity index (χ3v) is 4.81. The van der Waals surface area contributed by atoms with Gasteiger partial charge in [-0.25, -0.2) is 19.9 Å². The lowest BCUT2D eigenvalue weighted by atomic mass is 10.1. The molecule has 1 saturated carbocycles.